The molecule has 2 N–H and O–H groups in total. The van der Waals surface area contributed by atoms with Crippen LogP contribution in [0.5, 0.6) is 0 Å². The second kappa shape index (κ2) is 6.01. The van der Waals surface area contributed by atoms with Crippen LogP contribution >= 0.6 is 0 Å². The third-order valence-electron chi connectivity index (χ3n) is 3.26. The third-order valence-corrected chi connectivity index (χ3v) is 3.26. The first-order chi connectivity index (χ1) is 9.50. The summed E-state index contributed by atoms with van der Waals surface area (Å²) in [6, 6.07) is 11.0. The van der Waals surface area contributed by atoms with Crippen molar-refractivity contribution in [2.45, 2.75) is 19.5 Å². The summed E-state index contributed by atoms with van der Waals surface area (Å²) in [5, 5.41) is 0. The van der Waals surface area contributed by atoms with E-state index in [1.165, 1.54) is 12.1 Å². The largest absolute Gasteiger partial charge is 0.370 e. The van der Waals surface area contributed by atoms with Crippen LogP contribution in [0.1, 0.15) is 24.1 Å². The summed E-state index contributed by atoms with van der Waals surface area (Å²) in [5.74, 6) is -0.601. The van der Waals surface area contributed by atoms with Crippen molar-refractivity contribution in [3.63, 3.8) is 0 Å². The molecule has 0 bridgehead atoms. The van der Waals surface area contributed by atoms with Gasteiger partial charge in [-0.25, -0.2) is 8.78 Å². The topological polar surface area (TPSA) is 29.3 Å². The van der Waals surface area contributed by atoms with E-state index in [-0.39, 0.29) is 11.6 Å². The summed E-state index contributed by atoms with van der Waals surface area (Å²) in [6.07, 6.45) is 0. The lowest BCUT2D eigenvalue weighted by molar-refractivity contribution is 0.590. The Bertz CT molecular complexity index is 597. The number of halogens is 2. The average Bonchev–Trinajstić information content (AvgIpc) is 2.40. The van der Waals surface area contributed by atoms with Crippen LogP contribution in [-0.2, 0) is 6.54 Å². The Labute approximate surface area is 117 Å². The quantitative estimate of drug-likeness (QED) is 0.924. The van der Waals surface area contributed by atoms with E-state index in [2.05, 4.69) is 0 Å². The Morgan fingerprint density at radius 3 is 2.35 bits per heavy atom. The fourth-order valence-corrected chi connectivity index (χ4v) is 2.28. The molecule has 0 saturated heterocycles. The molecule has 2 rings (SSSR count). The first-order valence-corrected chi connectivity index (χ1v) is 6.49. The summed E-state index contributed by atoms with van der Waals surface area (Å²) < 4.78 is 27.6. The maximum absolute atomic E-state index is 13.9. The van der Waals surface area contributed by atoms with E-state index in [0.717, 1.165) is 0 Å². The van der Waals surface area contributed by atoms with Gasteiger partial charge in [-0.1, -0.05) is 24.3 Å². The molecule has 0 spiro atoms. The molecule has 0 heterocycles. The normalized spacial score (nSPS) is 12.2. The molecule has 2 aromatic carbocycles. The van der Waals surface area contributed by atoms with Crippen molar-refractivity contribution in [1.29, 1.82) is 0 Å². The molecule has 0 unspecified atom stereocenters. The van der Waals surface area contributed by atoms with E-state index in [1.807, 2.05) is 0 Å². The average molecular weight is 276 g/mol. The van der Waals surface area contributed by atoms with E-state index in [9.17, 15) is 8.78 Å². The molecule has 1 atom stereocenters. The van der Waals surface area contributed by atoms with E-state index in [1.54, 1.807) is 49.2 Å². The van der Waals surface area contributed by atoms with Crippen LogP contribution in [0.2, 0.25) is 0 Å². The molecule has 0 aromatic heterocycles. The Morgan fingerprint density at radius 1 is 1.05 bits per heavy atom. The minimum absolute atomic E-state index is 0.266. The van der Waals surface area contributed by atoms with Gasteiger partial charge in [0.05, 0.1) is 0 Å². The predicted molar refractivity (Wildman–Crippen MR) is 77.5 cm³/mol. The van der Waals surface area contributed by atoms with Crippen LogP contribution in [0.25, 0.3) is 0 Å². The van der Waals surface area contributed by atoms with Gasteiger partial charge in [-0.15, -0.1) is 0 Å². The maximum Gasteiger partial charge on any atom is 0.130 e. The van der Waals surface area contributed by atoms with Crippen LogP contribution in [0, 0.1) is 11.6 Å². The van der Waals surface area contributed by atoms with Crippen molar-refractivity contribution in [3.05, 3.63) is 65.2 Å². The Balaban J connectivity index is 2.33. The van der Waals surface area contributed by atoms with Crippen molar-refractivity contribution in [2.75, 3.05) is 11.9 Å². The summed E-state index contributed by atoms with van der Waals surface area (Å²) in [5.41, 5.74) is 7.53. The van der Waals surface area contributed by atoms with Crippen LogP contribution < -0.4 is 10.6 Å². The molecule has 0 amide bonds. The Morgan fingerprint density at radius 2 is 1.70 bits per heavy atom. The van der Waals surface area contributed by atoms with Gasteiger partial charge < -0.3 is 10.6 Å². The van der Waals surface area contributed by atoms with Crippen LogP contribution in [0.3, 0.4) is 0 Å². The molecule has 0 radical (unpaired) electrons. The van der Waals surface area contributed by atoms with Crippen molar-refractivity contribution in [1.82, 2.24) is 0 Å². The van der Waals surface area contributed by atoms with Crippen molar-refractivity contribution < 1.29 is 8.78 Å². The minimum atomic E-state index is -0.422. The number of hydrogen-bond donors (Lipinski definition) is 1. The molecule has 2 nitrogen and oxygen atoms in total. The fraction of sp³-hybridized carbons (Fsp3) is 0.250. The van der Waals surface area contributed by atoms with Gasteiger partial charge in [-0.3, -0.25) is 0 Å². The van der Waals surface area contributed by atoms with Crippen molar-refractivity contribution in [3.8, 4) is 0 Å². The van der Waals surface area contributed by atoms with Gasteiger partial charge in [0.2, 0.25) is 0 Å². The van der Waals surface area contributed by atoms with E-state index in [4.69, 9.17) is 5.73 Å². The highest BCUT2D eigenvalue weighted by molar-refractivity contribution is 5.55. The van der Waals surface area contributed by atoms with Crippen LogP contribution in [0.15, 0.2) is 42.5 Å². The molecule has 2 aromatic rings. The number of nitrogens with zero attached hydrogens (tertiary/aromatic N) is 1. The SMILES string of the molecule is C[C@@H](N)c1c(F)cccc1N(C)Cc1ccccc1F. The summed E-state index contributed by atoms with van der Waals surface area (Å²) in [4.78, 5) is 1.81. The highest BCUT2D eigenvalue weighted by Gasteiger charge is 2.16. The third kappa shape index (κ3) is 2.96. The van der Waals surface area contributed by atoms with Gasteiger partial charge in [0.25, 0.3) is 0 Å². The summed E-state index contributed by atoms with van der Waals surface area (Å²) in [6.45, 7) is 2.09. The molecular weight excluding hydrogens is 258 g/mol. The highest BCUT2D eigenvalue weighted by atomic mass is 19.1. The molecule has 0 fully saturated rings. The molecular formula is C16H18F2N2. The highest BCUT2D eigenvalue weighted by Crippen LogP contribution is 2.28. The number of benzene rings is 2. The molecule has 0 aliphatic rings. The predicted octanol–water partition coefficient (Wildman–Crippen LogP) is 3.62. The van der Waals surface area contributed by atoms with Crippen LogP contribution in [-0.4, -0.2) is 7.05 Å². The standard InChI is InChI=1S/C16H18F2N2/c1-11(19)16-14(18)8-5-9-15(16)20(2)10-12-6-3-4-7-13(12)17/h3-9,11H,10,19H2,1-2H3/t11-/m1/s1. The number of rotatable bonds is 4. The van der Waals surface area contributed by atoms with Crippen LogP contribution in [0.4, 0.5) is 14.5 Å². The monoisotopic (exact) mass is 276 g/mol. The lowest BCUT2D eigenvalue weighted by Crippen LogP contribution is -2.21. The zero-order valence-electron chi connectivity index (χ0n) is 11.6. The number of anilines is 1. The first-order valence-electron chi connectivity index (χ1n) is 6.49. The number of hydrogen-bond acceptors (Lipinski definition) is 2. The van der Waals surface area contributed by atoms with Gasteiger partial charge in [0, 0.05) is 36.4 Å². The van der Waals surface area contributed by atoms with Gasteiger partial charge in [0.1, 0.15) is 11.6 Å². The minimum Gasteiger partial charge on any atom is -0.370 e. The fourth-order valence-electron chi connectivity index (χ4n) is 2.28. The molecule has 20 heavy (non-hydrogen) atoms. The second-order valence-electron chi connectivity index (χ2n) is 4.91. The maximum atomic E-state index is 13.9. The van der Waals surface area contributed by atoms with E-state index >= 15 is 0 Å². The van der Waals surface area contributed by atoms with Gasteiger partial charge in [-0.2, -0.15) is 0 Å². The molecule has 4 heteroatoms. The van der Waals surface area contributed by atoms with Gasteiger partial charge >= 0.3 is 0 Å². The van der Waals surface area contributed by atoms with Crippen molar-refractivity contribution >= 4 is 5.69 Å². The Hall–Kier alpha value is -1.94. The molecule has 0 aliphatic heterocycles. The van der Waals surface area contributed by atoms with E-state index in [0.29, 0.717) is 23.4 Å². The van der Waals surface area contributed by atoms with Gasteiger partial charge in [0.15, 0.2) is 0 Å². The summed E-state index contributed by atoms with van der Waals surface area (Å²) >= 11 is 0. The van der Waals surface area contributed by atoms with E-state index < -0.39 is 6.04 Å². The molecule has 0 saturated carbocycles. The number of nitrogens with two attached hydrogens (primary N) is 1. The smallest absolute Gasteiger partial charge is 0.130 e. The zero-order valence-corrected chi connectivity index (χ0v) is 11.6. The summed E-state index contributed by atoms with van der Waals surface area (Å²) in [7, 11) is 1.80. The molecule has 0 aliphatic carbocycles. The second-order valence-corrected chi connectivity index (χ2v) is 4.91. The first kappa shape index (κ1) is 14.5. The molecule has 106 valence electrons. The van der Waals surface area contributed by atoms with Crippen molar-refractivity contribution in [2.24, 2.45) is 5.73 Å². The zero-order chi connectivity index (χ0) is 14.7. The lowest BCUT2D eigenvalue weighted by Gasteiger charge is -2.24. The Kier molecular flexibility index (Phi) is 4.35. The lowest BCUT2D eigenvalue weighted by atomic mass is 10.0. The van der Waals surface area contributed by atoms with Gasteiger partial charge in [-0.05, 0) is 25.1 Å².